The van der Waals surface area contributed by atoms with Gasteiger partial charge >= 0.3 is 5.69 Å². The predicted octanol–water partition coefficient (Wildman–Crippen LogP) is 1.15. The van der Waals surface area contributed by atoms with Gasteiger partial charge in [-0.3, -0.25) is 24.1 Å². The van der Waals surface area contributed by atoms with Crippen molar-refractivity contribution in [1.82, 2.24) is 14.5 Å². The molecule has 0 unspecified atom stereocenters. The summed E-state index contributed by atoms with van der Waals surface area (Å²) in [5, 5.41) is 2.69. The number of benzene rings is 1. The summed E-state index contributed by atoms with van der Waals surface area (Å²) in [5.74, 6) is 0.200. The van der Waals surface area contributed by atoms with Crippen molar-refractivity contribution >= 4 is 11.6 Å². The quantitative estimate of drug-likeness (QED) is 0.692. The van der Waals surface area contributed by atoms with Gasteiger partial charge in [-0.25, -0.2) is 4.79 Å². The van der Waals surface area contributed by atoms with Gasteiger partial charge in [0.25, 0.3) is 5.56 Å². The Kier molecular flexibility index (Phi) is 5.23. The molecule has 8 heteroatoms. The Morgan fingerprint density at radius 3 is 2.73 bits per heavy atom. The fraction of sp³-hybridized carbons (Fsp3) is 0.111. The van der Waals surface area contributed by atoms with Gasteiger partial charge in [-0.1, -0.05) is 6.07 Å². The first-order chi connectivity index (χ1) is 12.6. The highest BCUT2D eigenvalue weighted by Crippen LogP contribution is 2.18. The lowest BCUT2D eigenvalue weighted by Crippen LogP contribution is -2.32. The summed E-state index contributed by atoms with van der Waals surface area (Å²) < 4.78 is 6.80. The molecule has 0 radical (unpaired) electrons. The Morgan fingerprint density at radius 2 is 1.96 bits per heavy atom. The molecule has 0 aliphatic heterocycles. The van der Waals surface area contributed by atoms with E-state index < -0.39 is 17.2 Å². The summed E-state index contributed by atoms with van der Waals surface area (Å²) in [4.78, 5) is 40.8. The van der Waals surface area contributed by atoms with E-state index >= 15 is 0 Å². The summed E-state index contributed by atoms with van der Waals surface area (Å²) >= 11 is 0. The molecule has 0 aliphatic rings. The molecular weight excluding hydrogens is 336 g/mol. The molecule has 2 heterocycles. The van der Waals surface area contributed by atoms with Gasteiger partial charge < -0.3 is 10.1 Å². The van der Waals surface area contributed by atoms with Crippen LogP contribution in [0.3, 0.4) is 0 Å². The van der Waals surface area contributed by atoms with Gasteiger partial charge in [0.1, 0.15) is 18.9 Å². The van der Waals surface area contributed by atoms with Crippen LogP contribution in [0.25, 0.3) is 0 Å². The summed E-state index contributed by atoms with van der Waals surface area (Å²) in [5.41, 5.74) is 0.374. The molecule has 26 heavy (non-hydrogen) atoms. The third-order valence-electron chi connectivity index (χ3n) is 3.48. The number of nitrogens with zero attached hydrogens (tertiary/aromatic N) is 2. The Bertz CT molecular complexity index is 1010. The molecule has 1 amide bonds. The monoisotopic (exact) mass is 352 g/mol. The third kappa shape index (κ3) is 4.67. The highest BCUT2D eigenvalue weighted by molar-refractivity contribution is 5.90. The van der Waals surface area contributed by atoms with Crippen LogP contribution in [0, 0.1) is 0 Å². The lowest BCUT2D eigenvalue weighted by molar-refractivity contribution is -0.116. The van der Waals surface area contributed by atoms with E-state index in [2.05, 4.69) is 15.3 Å². The standard InChI is InChI=1S/C18H16N4O4/c23-16-6-9-22(18(25)21-16)11-17(24)20-14-2-1-3-15(10-14)26-12-13-4-7-19-8-5-13/h1-10H,11-12H2,(H,20,24)(H,21,23,25). The zero-order valence-corrected chi connectivity index (χ0v) is 13.7. The number of aromatic nitrogens is 3. The second-order valence-corrected chi connectivity index (χ2v) is 5.46. The van der Waals surface area contributed by atoms with Crippen molar-refractivity contribution in [2.75, 3.05) is 5.32 Å². The first-order valence-corrected chi connectivity index (χ1v) is 7.81. The molecule has 0 fully saturated rings. The molecule has 8 nitrogen and oxygen atoms in total. The van der Waals surface area contributed by atoms with Crippen LogP contribution in [0.2, 0.25) is 0 Å². The van der Waals surface area contributed by atoms with Crippen LogP contribution in [-0.4, -0.2) is 20.4 Å². The van der Waals surface area contributed by atoms with Gasteiger partial charge in [-0.05, 0) is 29.8 Å². The maximum absolute atomic E-state index is 12.1. The van der Waals surface area contributed by atoms with Crippen molar-refractivity contribution in [3.8, 4) is 5.75 Å². The number of anilines is 1. The van der Waals surface area contributed by atoms with Gasteiger partial charge in [-0.2, -0.15) is 0 Å². The Hall–Kier alpha value is -3.68. The molecule has 2 aromatic heterocycles. The SMILES string of the molecule is O=C(Cn1ccc(=O)[nH]c1=O)Nc1cccc(OCc2ccncc2)c1. The predicted molar refractivity (Wildman–Crippen MR) is 95.0 cm³/mol. The number of H-pyrrole nitrogens is 1. The lowest BCUT2D eigenvalue weighted by atomic mass is 10.2. The number of carbonyl (C=O) groups excluding carboxylic acids is 1. The number of carbonyl (C=O) groups is 1. The highest BCUT2D eigenvalue weighted by Gasteiger charge is 2.06. The van der Waals surface area contributed by atoms with E-state index in [0.29, 0.717) is 18.0 Å². The number of pyridine rings is 1. The fourth-order valence-electron chi connectivity index (χ4n) is 2.23. The van der Waals surface area contributed by atoms with Crippen molar-refractivity contribution in [3.05, 3.63) is 87.5 Å². The first kappa shape index (κ1) is 17.2. The Balaban J connectivity index is 1.61. The third-order valence-corrected chi connectivity index (χ3v) is 3.48. The minimum Gasteiger partial charge on any atom is -0.489 e. The minimum absolute atomic E-state index is 0.211. The second-order valence-electron chi connectivity index (χ2n) is 5.46. The van der Waals surface area contributed by atoms with E-state index in [1.54, 1.807) is 36.7 Å². The molecule has 3 rings (SSSR count). The fourth-order valence-corrected chi connectivity index (χ4v) is 2.23. The summed E-state index contributed by atoms with van der Waals surface area (Å²) in [6.45, 7) is 0.171. The van der Waals surface area contributed by atoms with E-state index in [-0.39, 0.29) is 6.54 Å². The van der Waals surface area contributed by atoms with E-state index in [1.165, 1.54) is 12.3 Å². The van der Waals surface area contributed by atoms with Gasteiger partial charge in [0, 0.05) is 36.4 Å². The molecule has 0 spiro atoms. The van der Waals surface area contributed by atoms with Crippen LogP contribution in [0.15, 0.2) is 70.6 Å². The molecule has 0 aliphatic carbocycles. The van der Waals surface area contributed by atoms with Crippen LogP contribution >= 0.6 is 0 Å². The molecule has 132 valence electrons. The topological polar surface area (TPSA) is 106 Å². The smallest absolute Gasteiger partial charge is 0.328 e. The maximum atomic E-state index is 12.1. The van der Waals surface area contributed by atoms with Crippen LogP contribution in [0.5, 0.6) is 5.75 Å². The largest absolute Gasteiger partial charge is 0.489 e. The number of rotatable bonds is 6. The number of hydrogen-bond donors (Lipinski definition) is 2. The van der Waals surface area contributed by atoms with E-state index in [1.807, 2.05) is 12.1 Å². The van der Waals surface area contributed by atoms with Gasteiger partial charge in [0.15, 0.2) is 0 Å². The van der Waals surface area contributed by atoms with Crippen molar-refractivity contribution in [2.45, 2.75) is 13.2 Å². The molecule has 3 aromatic rings. The number of ether oxygens (including phenoxy) is 1. The maximum Gasteiger partial charge on any atom is 0.328 e. The number of nitrogens with one attached hydrogen (secondary N) is 2. The first-order valence-electron chi connectivity index (χ1n) is 7.81. The summed E-state index contributed by atoms with van der Waals surface area (Å²) in [6, 6.07) is 11.8. The van der Waals surface area contributed by atoms with Crippen LogP contribution in [0.4, 0.5) is 5.69 Å². The van der Waals surface area contributed by atoms with Crippen molar-refractivity contribution in [1.29, 1.82) is 0 Å². The number of aromatic amines is 1. The van der Waals surface area contributed by atoms with Gasteiger partial charge in [0.05, 0.1) is 0 Å². The Labute approximate surface area is 148 Å². The van der Waals surface area contributed by atoms with Crippen LogP contribution < -0.4 is 21.3 Å². The molecule has 0 saturated carbocycles. The Morgan fingerprint density at radius 1 is 1.15 bits per heavy atom. The average molecular weight is 352 g/mol. The van der Waals surface area contributed by atoms with Gasteiger partial charge in [0.2, 0.25) is 5.91 Å². The van der Waals surface area contributed by atoms with Crippen molar-refractivity contribution in [2.24, 2.45) is 0 Å². The van der Waals surface area contributed by atoms with Crippen molar-refractivity contribution in [3.63, 3.8) is 0 Å². The molecule has 1 aromatic carbocycles. The molecular formula is C18H16N4O4. The van der Waals surface area contributed by atoms with Gasteiger partial charge in [-0.15, -0.1) is 0 Å². The second kappa shape index (κ2) is 7.93. The van der Waals surface area contributed by atoms with Crippen LogP contribution in [-0.2, 0) is 17.9 Å². The molecule has 0 saturated heterocycles. The van der Waals surface area contributed by atoms with E-state index in [4.69, 9.17) is 4.74 Å². The van der Waals surface area contributed by atoms with Crippen molar-refractivity contribution < 1.29 is 9.53 Å². The zero-order chi connectivity index (χ0) is 18.4. The lowest BCUT2D eigenvalue weighted by Gasteiger charge is -2.10. The van der Waals surface area contributed by atoms with E-state index in [0.717, 1.165) is 10.1 Å². The summed E-state index contributed by atoms with van der Waals surface area (Å²) in [7, 11) is 0. The molecule has 0 bridgehead atoms. The molecule has 2 N–H and O–H groups in total. The number of hydrogen-bond acceptors (Lipinski definition) is 5. The normalized spacial score (nSPS) is 10.3. The number of amides is 1. The highest BCUT2D eigenvalue weighted by atomic mass is 16.5. The van der Waals surface area contributed by atoms with E-state index in [9.17, 15) is 14.4 Å². The summed E-state index contributed by atoms with van der Waals surface area (Å²) in [6.07, 6.45) is 4.65. The average Bonchev–Trinajstić information content (AvgIpc) is 2.63. The molecule has 0 atom stereocenters. The zero-order valence-electron chi connectivity index (χ0n) is 13.7. The minimum atomic E-state index is -0.637. The van der Waals surface area contributed by atoms with Crippen LogP contribution in [0.1, 0.15) is 5.56 Å².